The lowest BCUT2D eigenvalue weighted by Crippen LogP contribution is -2.06. The molecule has 0 spiro atoms. The van der Waals surface area contributed by atoms with E-state index in [4.69, 9.17) is 22.4 Å². The van der Waals surface area contributed by atoms with Gasteiger partial charge in [0, 0.05) is 6.54 Å². The van der Waals surface area contributed by atoms with Gasteiger partial charge in [0.15, 0.2) is 5.69 Å². The van der Waals surface area contributed by atoms with Crippen molar-refractivity contribution in [2.75, 3.05) is 0 Å². The smallest absolute Gasteiger partial charge is 0.356 e. The van der Waals surface area contributed by atoms with Gasteiger partial charge in [-0.25, -0.2) is 9.78 Å². The maximum atomic E-state index is 10.5. The minimum atomic E-state index is -1.14. The lowest BCUT2D eigenvalue weighted by molar-refractivity contribution is 0.0690. The molecule has 4 nitrogen and oxygen atoms in total. The highest BCUT2D eigenvalue weighted by Crippen LogP contribution is 2.13. The molecule has 0 saturated carbocycles. The molecule has 0 atom stereocenters. The number of aromatic nitrogens is 1. The molecule has 5 heteroatoms. The highest BCUT2D eigenvalue weighted by atomic mass is 35.5. The maximum Gasteiger partial charge on any atom is 0.356 e. The Morgan fingerprint density at radius 3 is 2.83 bits per heavy atom. The number of carboxylic acids is 1. The standard InChI is InChI=1S/C7H7ClN2O2/c8-5-2-1-4(3-9)10-6(5)7(11)12/h1-2H,3,9H2,(H,11,12). The second-order valence-electron chi connectivity index (χ2n) is 2.14. The molecule has 0 aliphatic rings. The Morgan fingerprint density at radius 2 is 2.33 bits per heavy atom. The topological polar surface area (TPSA) is 76.2 Å². The Labute approximate surface area is 74.0 Å². The minimum absolute atomic E-state index is 0.125. The predicted octanol–water partition coefficient (Wildman–Crippen LogP) is 0.892. The van der Waals surface area contributed by atoms with Gasteiger partial charge >= 0.3 is 5.97 Å². The highest BCUT2D eigenvalue weighted by molar-refractivity contribution is 6.33. The van der Waals surface area contributed by atoms with E-state index >= 15 is 0 Å². The van der Waals surface area contributed by atoms with Crippen molar-refractivity contribution in [3.63, 3.8) is 0 Å². The van der Waals surface area contributed by atoms with Crippen molar-refractivity contribution in [1.82, 2.24) is 4.98 Å². The van der Waals surface area contributed by atoms with E-state index in [1.165, 1.54) is 6.07 Å². The Bertz CT molecular complexity index is 314. The van der Waals surface area contributed by atoms with Crippen molar-refractivity contribution >= 4 is 17.6 Å². The lowest BCUT2D eigenvalue weighted by Gasteiger charge is -1.99. The van der Waals surface area contributed by atoms with Crippen molar-refractivity contribution < 1.29 is 9.90 Å². The summed E-state index contributed by atoms with van der Waals surface area (Å²) in [4.78, 5) is 14.2. The third-order valence-corrected chi connectivity index (χ3v) is 1.62. The van der Waals surface area contributed by atoms with Crippen LogP contribution in [0.15, 0.2) is 12.1 Å². The van der Waals surface area contributed by atoms with Crippen LogP contribution >= 0.6 is 11.6 Å². The van der Waals surface area contributed by atoms with Crippen LogP contribution in [0.3, 0.4) is 0 Å². The van der Waals surface area contributed by atoms with Crippen molar-refractivity contribution in [3.8, 4) is 0 Å². The summed E-state index contributed by atoms with van der Waals surface area (Å²) in [6.07, 6.45) is 0. The lowest BCUT2D eigenvalue weighted by atomic mass is 10.3. The van der Waals surface area contributed by atoms with Crippen LogP contribution in [0.25, 0.3) is 0 Å². The van der Waals surface area contributed by atoms with E-state index in [-0.39, 0.29) is 17.3 Å². The fraction of sp³-hybridized carbons (Fsp3) is 0.143. The highest BCUT2D eigenvalue weighted by Gasteiger charge is 2.10. The Balaban J connectivity index is 3.17. The van der Waals surface area contributed by atoms with Crippen molar-refractivity contribution in [2.24, 2.45) is 5.73 Å². The molecule has 0 amide bonds. The second kappa shape index (κ2) is 3.51. The molecule has 1 rings (SSSR count). The number of aromatic carboxylic acids is 1. The van der Waals surface area contributed by atoms with Crippen LogP contribution in [0.5, 0.6) is 0 Å². The number of halogens is 1. The fourth-order valence-corrected chi connectivity index (χ4v) is 0.932. The van der Waals surface area contributed by atoms with E-state index in [0.717, 1.165) is 0 Å². The first-order valence-corrected chi connectivity index (χ1v) is 3.61. The monoisotopic (exact) mass is 186 g/mol. The first kappa shape index (κ1) is 8.96. The first-order valence-electron chi connectivity index (χ1n) is 3.24. The molecule has 0 radical (unpaired) electrons. The summed E-state index contributed by atoms with van der Waals surface area (Å²) >= 11 is 5.56. The summed E-state index contributed by atoms with van der Waals surface area (Å²) in [5, 5.41) is 8.72. The zero-order chi connectivity index (χ0) is 9.14. The number of nitrogens with two attached hydrogens (primary N) is 1. The Morgan fingerprint density at radius 1 is 1.67 bits per heavy atom. The Kier molecular flexibility index (Phi) is 2.62. The largest absolute Gasteiger partial charge is 0.476 e. The molecule has 0 fully saturated rings. The maximum absolute atomic E-state index is 10.5. The molecule has 0 unspecified atom stereocenters. The van der Waals surface area contributed by atoms with Gasteiger partial charge < -0.3 is 10.8 Å². The molecular formula is C7H7ClN2O2. The van der Waals surface area contributed by atoms with Crippen LogP contribution in [0, 0.1) is 0 Å². The minimum Gasteiger partial charge on any atom is -0.476 e. The van der Waals surface area contributed by atoms with Crippen LogP contribution in [0.4, 0.5) is 0 Å². The normalized spacial score (nSPS) is 9.83. The molecule has 0 saturated heterocycles. The van der Waals surface area contributed by atoms with Crippen LogP contribution in [0.2, 0.25) is 5.02 Å². The molecule has 1 aromatic heterocycles. The van der Waals surface area contributed by atoms with Gasteiger partial charge in [-0.3, -0.25) is 0 Å². The van der Waals surface area contributed by atoms with Gasteiger partial charge in [0.1, 0.15) is 0 Å². The van der Waals surface area contributed by atoms with Crippen LogP contribution < -0.4 is 5.73 Å². The van der Waals surface area contributed by atoms with Crippen LogP contribution in [-0.4, -0.2) is 16.1 Å². The van der Waals surface area contributed by atoms with Crippen molar-refractivity contribution in [2.45, 2.75) is 6.54 Å². The third-order valence-electron chi connectivity index (χ3n) is 1.32. The molecule has 0 bridgehead atoms. The molecule has 0 aliphatic carbocycles. The summed E-state index contributed by atoms with van der Waals surface area (Å²) in [6, 6.07) is 3.06. The summed E-state index contributed by atoms with van der Waals surface area (Å²) in [5.41, 5.74) is 5.63. The van der Waals surface area contributed by atoms with Gasteiger partial charge in [-0.2, -0.15) is 0 Å². The summed E-state index contributed by atoms with van der Waals surface area (Å²) in [6.45, 7) is 0.206. The number of carboxylic acid groups (broad SMARTS) is 1. The number of nitrogens with zero attached hydrogens (tertiary/aromatic N) is 1. The van der Waals surface area contributed by atoms with Crippen LogP contribution in [0.1, 0.15) is 16.2 Å². The average Bonchev–Trinajstić information content (AvgIpc) is 2.05. The molecule has 0 aliphatic heterocycles. The predicted molar refractivity (Wildman–Crippen MR) is 44.1 cm³/mol. The molecule has 1 heterocycles. The summed E-state index contributed by atoms with van der Waals surface area (Å²) < 4.78 is 0. The van der Waals surface area contributed by atoms with E-state index in [0.29, 0.717) is 5.69 Å². The molecule has 12 heavy (non-hydrogen) atoms. The molecule has 3 N–H and O–H groups in total. The third kappa shape index (κ3) is 1.72. The second-order valence-corrected chi connectivity index (χ2v) is 2.55. The zero-order valence-corrected chi connectivity index (χ0v) is 6.88. The zero-order valence-electron chi connectivity index (χ0n) is 6.12. The van der Waals surface area contributed by atoms with Gasteiger partial charge in [0.25, 0.3) is 0 Å². The SMILES string of the molecule is NCc1ccc(Cl)c(C(=O)O)n1. The molecular weight excluding hydrogens is 180 g/mol. The van der Waals surface area contributed by atoms with Gasteiger partial charge in [-0.15, -0.1) is 0 Å². The van der Waals surface area contributed by atoms with E-state index in [9.17, 15) is 4.79 Å². The number of hydrogen-bond donors (Lipinski definition) is 2. The molecule has 1 aromatic rings. The number of carbonyl (C=O) groups is 1. The van der Waals surface area contributed by atoms with Gasteiger partial charge in [-0.05, 0) is 12.1 Å². The van der Waals surface area contributed by atoms with Crippen molar-refractivity contribution in [3.05, 3.63) is 28.5 Å². The molecule has 64 valence electrons. The van der Waals surface area contributed by atoms with Gasteiger partial charge in [-0.1, -0.05) is 11.6 Å². The number of rotatable bonds is 2. The summed E-state index contributed by atoms with van der Waals surface area (Å²) in [5.74, 6) is -1.14. The number of pyridine rings is 1. The Hall–Kier alpha value is -1.13. The van der Waals surface area contributed by atoms with E-state index < -0.39 is 5.97 Å². The van der Waals surface area contributed by atoms with Gasteiger partial charge in [0.2, 0.25) is 0 Å². The van der Waals surface area contributed by atoms with Gasteiger partial charge in [0.05, 0.1) is 10.7 Å². The molecule has 0 aromatic carbocycles. The fourth-order valence-electron chi connectivity index (χ4n) is 0.746. The van der Waals surface area contributed by atoms with E-state index in [1.54, 1.807) is 6.07 Å². The number of hydrogen-bond acceptors (Lipinski definition) is 3. The van der Waals surface area contributed by atoms with E-state index in [2.05, 4.69) is 4.98 Å². The van der Waals surface area contributed by atoms with Crippen LogP contribution in [-0.2, 0) is 6.54 Å². The average molecular weight is 187 g/mol. The van der Waals surface area contributed by atoms with E-state index in [1.807, 2.05) is 0 Å². The van der Waals surface area contributed by atoms with Crippen molar-refractivity contribution in [1.29, 1.82) is 0 Å². The quantitative estimate of drug-likeness (QED) is 0.719. The first-order chi connectivity index (χ1) is 5.65. The summed E-state index contributed by atoms with van der Waals surface area (Å²) in [7, 11) is 0.